The summed E-state index contributed by atoms with van der Waals surface area (Å²) in [5.74, 6) is 0. The monoisotopic (exact) mass is 249 g/mol. The number of ether oxygens (including phenoxy) is 3. The molecule has 3 atom stereocenters. The van der Waals surface area contributed by atoms with Crippen molar-refractivity contribution in [3.05, 3.63) is 0 Å². The molecule has 0 aromatic carbocycles. The van der Waals surface area contributed by atoms with Crippen LogP contribution in [-0.4, -0.2) is 63.4 Å². The number of hydrogen-bond donors (Lipinski definition) is 2. The third-order valence-corrected chi connectivity index (χ3v) is 2.25. The summed E-state index contributed by atoms with van der Waals surface area (Å²) < 4.78 is 15.6. The number of rotatable bonds is 11. The highest BCUT2D eigenvalue weighted by Gasteiger charge is 2.09. The Balaban J connectivity index is 3.48. The molecule has 3 unspecified atom stereocenters. The van der Waals surface area contributed by atoms with Gasteiger partial charge in [0, 0.05) is 26.3 Å². The summed E-state index contributed by atoms with van der Waals surface area (Å²) in [6.45, 7) is 8.65. The maximum Gasteiger partial charge on any atom is 0.0897 e. The SMILES string of the molecule is CCOCC(C)NCC(O)COC(C)COC. The highest BCUT2D eigenvalue weighted by Crippen LogP contribution is 1.94. The third-order valence-electron chi connectivity index (χ3n) is 2.25. The van der Waals surface area contributed by atoms with E-state index in [2.05, 4.69) is 5.32 Å². The largest absolute Gasteiger partial charge is 0.389 e. The normalized spacial score (nSPS) is 16.8. The first-order valence-electron chi connectivity index (χ1n) is 6.19. The van der Waals surface area contributed by atoms with E-state index in [4.69, 9.17) is 14.2 Å². The van der Waals surface area contributed by atoms with Gasteiger partial charge in [0.15, 0.2) is 0 Å². The van der Waals surface area contributed by atoms with E-state index >= 15 is 0 Å². The van der Waals surface area contributed by atoms with Gasteiger partial charge in [-0.2, -0.15) is 0 Å². The summed E-state index contributed by atoms with van der Waals surface area (Å²) in [7, 11) is 1.63. The molecule has 0 spiro atoms. The van der Waals surface area contributed by atoms with Crippen molar-refractivity contribution in [2.24, 2.45) is 0 Å². The predicted octanol–water partition coefficient (Wildman–Crippen LogP) is 0.413. The van der Waals surface area contributed by atoms with Crippen molar-refractivity contribution >= 4 is 0 Å². The number of methoxy groups -OCH3 is 1. The fourth-order valence-electron chi connectivity index (χ4n) is 1.31. The lowest BCUT2D eigenvalue weighted by molar-refractivity contribution is -0.0320. The summed E-state index contributed by atoms with van der Waals surface area (Å²) in [5.41, 5.74) is 0. The standard InChI is InChI=1S/C12H27NO4/c1-5-16-7-10(2)13-6-12(14)9-17-11(3)8-15-4/h10-14H,5-9H2,1-4H3. The van der Waals surface area contributed by atoms with E-state index in [0.29, 0.717) is 33.0 Å². The van der Waals surface area contributed by atoms with Crippen molar-refractivity contribution in [2.45, 2.75) is 39.0 Å². The first-order chi connectivity index (χ1) is 8.10. The lowest BCUT2D eigenvalue weighted by Gasteiger charge is -2.19. The molecule has 0 aliphatic heterocycles. The Kier molecular flexibility index (Phi) is 10.8. The van der Waals surface area contributed by atoms with Crippen LogP contribution >= 0.6 is 0 Å². The first kappa shape index (κ1) is 16.8. The Morgan fingerprint density at radius 1 is 1.18 bits per heavy atom. The second kappa shape index (κ2) is 10.9. The fraction of sp³-hybridized carbons (Fsp3) is 1.00. The average Bonchev–Trinajstić information content (AvgIpc) is 2.31. The topological polar surface area (TPSA) is 60.0 Å². The molecule has 0 amide bonds. The van der Waals surface area contributed by atoms with Crippen LogP contribution in [0.3, 0.4) is 0 Å². The molecule has 104 valence electrons. The van der Waals surface area contributed by atoms with Gasteiger partial charge in [-0.25, -0.2) is 0 Å². The summed E-state index contributed by atoms with van der Waals surface area (Å²) in [6, 6.07) is 0.237. The molecule has 0 saturated heterocycles. The third kappa shape index (κ3) is 10.7. The van der Waals surface area contributed by atoms with Gasteiger partial charge < -0.3 is 24.6 Å². The molecule has 0 aliphatic rings. The van der Waals surface area contributed by atoms with Crippen LogP contribution in [0.1, 0.15) is 20.8 Å². The second-order valence-corrected chi connectivity index (χ2v) is 4.22. The Bertz CT molecular complexity index is 169. The van der Waals surface area contributed by atoms with Gasteiger partial charge in [-0.15, -0.1) is 0 Å². The van der Waals surface area contributed by atoms with Crippen LogP contribution in [0, 0.1) is 0 Å². The average molecular weight is 249 g/mol. The van der Waals surface area contributed by atoms with E-state index < -0.39 is 6.10 Å². The quantitative estimate of drug-likeness (QED) is 0.555. The van der Waals surface area contributed by atoms with Gasteiger partial charge in [-0.1, -0.05) is 0 Å². The zero-order valence-corrected chi connectivity index (χ0v) is 11.4. The van der Waals surface area contributed by atoms with Crippen LogP contribution in [0.25, 0.3) is 0 Å². The van der Waals surface area contributed by atoms with Crippen LogP contribution in [0.2, 0.25) is 0 Å². The lowest BCUT2D eigenvalue weighted by atomic mass is 10.3. The highest BCUT2D eigenvalue weighted by atomic mass is 16.5. The zero-order chi connectivity index (χ0) is 13.1. The summed E-state index contributed by atoms with van der Waals surface area (Å²) in [5, 5.41) is 12.9. The molecule has 0 rings (SSSR count). The lowest BCUT2D eigenvalue weighted by Crippen LogP contribution is -2.39. The van der Waals surface area contributed by atoms with Gasteiger partial charge in [0.2, 0.25) is 0 Å². The minimum Gasteiger partial charge on any atom is -0.389 e. The smallest absolute Gasteiger partial charge is 0.0897 e. The fourth-order valence-corrected chi connectivity index (χ4v) is 1.31. The van der Waals surface area contributed by atoms with E-state index in [1.54, 1.807) is 7.11 Å². The van der Waals surface area contributed by atoms with Crippen LogP contribution in [0.15, 0.2) is 0 Å². The van der Waals surface area contributed by atoms with E-state index in [9.17, 15) is 5.11 Å². The van der Waals surface area contributed by atoms with Crippen LogP contribution in [0.5, 0.6) is 0 Å². The molecule has 0 radical (unpaired) electrons. The van der Waals surface area contributed by atoms with Gasteiger partial charge in [-0.05, 0) is 20.8 Å². The van der Waals surface area contributed by atoms with Gasteiger partial charge in [0.05, 0.1) is 32.0 Å². The van der Waals surface area contributed by atoms with Crippen molar-refractivity contribution in [1.29, 1.82) is 0 Å². The molecule has 17 heavy (non-hydrogen) atoms. The van der Waals surface area contributed by atoms with Crippen molar-refractivity contribution < 1.29 is 19.3 Å². The maximum atomic E-state index is 9.67. The highest BCUT2D eigenvalue weighted by molar-refractivity contribution is 4.65. The van der Waals surface area contributed by atoms with Crippen molar-refractivity contribution in [3.63, 3.8) is 0 Å². The molecular formula is C12H27NO4. The molecule has 0 fully saturated rings. The zero-order valence-electron chi connectivity index (χ0n) is 11.4. The van der Waals surface area contributed by atoms with E-state index in [1.165, 1.54) is 0 Å². The van der Waals surface area contributed by atoms with Crippen molar-refractivity contribution in [2.75, 3.05) is 40.1 Å². The van der Waals surface area contributed by atoms with Gasteiger partial charge in [0.1, 0.15) is 0 Å². The number of aliphatic hydroxyl groups excluding tert-OH is 1. The second-order valence-electron chi connectivity index (χ2n) is 4.22. The van der Waals surface area contributed by atoms with Crippen molar-refractivity contribution in [3.8, 4) is 0 Å². The minimum atomic E-state index is -0.501. The van der Waals surface area contributed by atoms with Crippen LogP contribution < -0.4 is 5.32 Å². The minimum absolute atomic E-state index is 0.00972. The Labute approximate surface area is 104 Å². The Morgan fingerprint density at radius 2 is 1.88 bits per heavy atom. The summed E-state index contributed by atoms with van der Waals surface area (Å²) >= 11 is 0. The molecule has 0 aromatic rings. The van der Waals surface area contributed by atoms with E-state index in [-0.39, 0.29) is 12.1 Å². The molecule has 0 aliphatic carbocycles. The first-order valence-corrected chi connectivity index (χ1v) is 6.19. The number of aliphatic hydroxyl groups is 1. The number of hydrogen-bond acceptors (Lipinski definition) is 5. The van der Waals surface area contributed by atoms with Crippen LogP contribution in [-0.2, 0) is 14.2 Å². The summed E-state index contributed by atoms with van der Waals surface area (Å²) in [4.78, 5) is 0. The van der Waals surface area contributed by atoms with E-state index in [0.717, 1.165) is 0 Å². The van der Waals surface area contributed by atoms with E-state index in [1.807, 2.05) is 20.8 Å². The molecular weight excluding hydrogens is 222 g/mol. The predicted molar refractivity (Wildman–Crippen MR) is 67.3 cm³/mol. The number of nitrogens with one attached hydrogen (secondary N) is 1. The van der Waals surface area contributed by atoms with Crippen LogP contribution in [0.4, 0.5) is 0 Å². The summed E-state index contributed by atoms with van der Waals surface area (Å²) in [6.07, 6.45) is -0.492. The molecule has 2 N–H and O–H groups in total. The molecule has 0 saturated carbocycles. The maximum absolute atomic E-state index is 9.67. The molecule has 5 heteroatoms. The van der Waals surface area contributed by atoms with Gasteiger partial charge in [-0.3, -0.25) is 0 Å². The van der Waals surface area contributed by atoms with Crippen molar-refractivity contribution in [1.82, 2.24) is 5.32 Å². The molecule has 0 heterocycles. The molecule has 5 nitrogen and oxygen atoms in total. The molecule has 0 aromatic heterocycles. The Hall–Kier alpha value is -0.200. The Morgan fingerprint density at radius 3 is 2.47 bits per heavy atom. The van der Waals surface area contributed by atoms with Gasteiger partial charge in [0.25, 0.3) is 0 Å². The molecule has 0 bridgehead atoms. The van der Waals surface area contributed by atoms with Gasteiger partial charge >= 0.3 is 0 Å².